The van der Waals surface area contributed by atoms with Crippen molar-refractivity contribution in [1.29, 1.82) is 0 Å². The fourth-order valence-electron chi connectivity index (χ4n) is 1.34. The minimum absolute atomic E-state index is 0.0766. The van der Waals surface area contributed by atoms with E-state index in [2.05, 4.69) is 10.6 Å². The summed E-state index contributed by atoms with van der Waals surface area (Å²) < 4.78 is 0. The average Bonchev–Trinajstić information content (AvgIpc) is 3.07. The minimum atomic E-state index is -0.809. The summed E-state index contributed by atoms with van der Waals surface area (Å²) in [6, 6.07) is 0.407. The van der Waals surface area contributed by atoms with Crippen LogP contribution in [-0.2, 0) is 9.59 Å². The lowest BCUT2D eigenvalue weighted by Gasteiger charge is -2.21. The van der Waals surface area contributed by atoms with Crippen LogP contribution >= 0.6 is 0 Å². The van der Waals surface area contributed by atoms with Crippen molar-refractivity contribution in [3.8, 4) is 0 Å². The highest BCUT2D eigenvalue weighted by Crippen LogP contribution is 2.18. The molecule has 0 bridgehead atoms. The summed E-state index contributed by atoms with van der Waals surface area (Å²) in [5.41, 5.74) is 4.98. The van der Waals surface area contributed by atoms with E-state index < -0.39 is 5.54 Å². The van der Waals surface area contributed by atoms with E-state index in [0.29, 0.717) is 31.8 Å². The molecule has 1 saturated carbocycles. The fourth-order valence-corrected chi connectivity index (χ4v) is 1.34. The Labute approximate surface area is 103 Å². The Morgan fingerprint density at radius 3 is 2.59 bits per heavy atom. The minimum Gasteiger partial charge on any atom is -0.354 e. The molecule has 0 saturated heterocycles. The van der Waals surface area contributed by atoms with Gasteiger partial charge in [0.05, 0.1) is 5.54 Å². The molecule has 1 aliphatic carbocycles. The molecule has 0 aromatic heterocycles. The van der Waals surface area contributed by atoms with Gasteiger partial charge in [-0.2, -0.15) is 0 Å². The lowest BCUT2D eigenvalue weighted by molar-refractivity contribution is -0.126. The Balaban J connectivity index is 2.06. The maximum atomic E-state index is 11.6. The van der Waals surface area contributed by atoms with E-state index in [1.807, 2.05) is 6.92 Å². The van der Waals surface area contributed by atoms with Gasteiger partial charge in [0.25, 0.3) is 0 Å². The molecular weight excluding hydrogens is 218 g/mol. The van der Waals surface area contributed by atoms with Crippen LogP contribution < -0.4 is 16.4 Å². The first-order valence-corrected chi connectivity index (χ1v) is 6.32. The highest BCUT2D eigenvalue weighted by Gasteiger charge is 2.25. The molecular formula is C12H23N3O2. The van der Waals surface area contributed by atoms with Gasteiger partial charge in [-0.15, -0.1) is 0 Å². The topological polar surface area (TPSA) is 84.2 Å². The normalized spacial score (nSPS) is 18.3. The molecule has 98 valence electrons. The third-order valence-corrected chi connectivity index (χ3v) is 3.06. The molecule has 1 rings (SSSR count). The molecule has 5 nitrogen and oxygen atoms in total. The van der Waals surface area contributed by atoms with Gasteiger partial charge < -0.3 is 16.4 Å². The fraction of sp³-hybridized carbons (Fsp3) is 0.833. The summed E-state index contributed by atoms with van der Waals surface area (Å²) in [6.07, 6.45) is 3.92. The van der Waals surface area contributed by atoms with Crippen molar-refractivity contribution < 1.29 is 9.59 Å². The van der Waals surface area contributed by atoms with Gasteiger partial charge in [-0.3, -0.25) is 9.59 Å². The van der Waals surface area contributed by atoms with Crippen LogP contribution in [0.5, 0.6) is 0 Å². The zero-order valence-corrected chi connectivity index (χ0v) is 10.7. The van der Waals surface area contributed by atoms with Crippen LogP contribution in [0.2, 0.25) is 0 Å². The molecule has 1 aliphatic rings. The van der Waals surface area contributed by atoms with Crippen molar-refractivity contribution in [1.82, 2.24) is 10.6 Å². The third kappa shape index (κ3) is 5.17. The first kappa shape index (κ1) is 14.0. The van der Waals surface area contributed by atoms with Crippen LogP contribution in [0.25, 0.3) is 0 Å². The second-order valence-electron chi connectivity index (χ2n) is 4.97. The SMILES string of the molecule is CCC(C)(N)C(=O)NCCCC(=O)NC1CC1. The van der Waals surface area contributed by atoms with Crippen LogP contribution in [0.1, 0.15) is 46.0 Å². The van der Waals surface area contributed by atoms with Crippen molar-refractivity contribution in [3.63, 3.8) is 0 Å². The van der Waals surface area contributed by atoms with Gasteiger partial charge in [-0.05, 0) is 32.6 Å². The lowest BCUT2D eigenvalue weighted by Crippen LogP contribution is -2.51. The first-order valence-electron chi connectivity index (χ1n) is 6.32. The van der Waals surface area contributed by atoms with Crippen molar-refractivity contribution in [2.24, 2.45) is 5.73 Å². The zero-order chi connectivity index (χ0) is 12.9. The third-order valence-electron chi connectivity index (χ3n) is 3.06. The lowest BCUT2D eigenvalue weighted by atomic mass is 9.99. The summed E-state index contributed by atoms with van der Waals surface area (Å²) >= 11 is 0. The zero-order valence-electron chi connectivity index (χ0n) is 10.7. The van der Waals surface area contributed by atoms with Crippen LogP contribution in [0.15, 0.2) is 0 Å². The van der Waals surface area contributed by atoms with Gasteiger partial charge in [0, 0.05) is 19.0 Å². The molecule has 1 atom stereocenters. The second kappa shape index (κ2) is 6.00. The highest BCUT2D eigenvalue weighted by atomic mass is 16.2. The largest absolute Gasteiger partial charge is 0.354 e. The van der Waals surface area contributed by atoms with Gasteiger partial charge in [-0.1, -0.05) is 6.92 Å². The summed E-state index contributed by atoms with van der Waals surface area (Å²) in [5, 5.41) is 5.66. The van der Waals surface area contributed by atoms with Gasteiger partial charge in [0.2, 0.25) is 11.8 Å². The molecule has 1 unspecified atom stereocenters. The molecule has 0 aliphatic heterocycles. The van der Waals surface area contributed by atoms with Gasteiger partial charge in [0.15, 0.2) is 0 Å². The number of carbonyl (C=O) groups excluding carboxylic acids is 2. The molecule has 5 heteroatoms. The summed E-state index contributed by atoms with van der Waals surface area (Å²) in [5.74, 6) is -0.0737. The Morgan fingerprint density at radius 2 is 2.06 bits per heavy atom. The van der Waals surface area contributed by atoms with Crippen LogP contribution in [-0.4, -0.2) is 29.9 Å². The molecule has 0 aromatic rings. The van der Waals surface area contributed by atoms with Crippen molar-refractivity contribution in [3.05, 3.63) is 0 Å². The first-order chi connectivity index (χ1) is 7.95. The summed E-state index contributed by atoms with van der Waals surface area (Å²) in [4.78, 5) is 22.9. The molecule has 0 radical (unpaired) electrons. The monoisotopic (exact) mass is 241 g/mol. The van der Waals surface area contributed by atoms with Gasteiger partial charge >= 0.3 is 0 Å². The number of amides is 2. The van der Waals surface area contributed by atoms with E-state index in [1.165, 1.54) is 0 Å². The van der Waals surface area contributed by atoms with Crippen molar-refractivity contribution >= 4 is 11.8 Å². The second-order valence-corrected chi connectivity index (χ2v) is 4.97. The Hall–Kier alpha value is -1.10. The number of hydrogen-bond acceptors (Lipinski definition) is 3. The van der Waals surface area contributed by atoms with Crippen LogP contribution in [0.4, 0.5) is 0 Å². The maximum Gasteiger partial charge on any atom is 0.239 e. The molecule has 0 spiro atoms. The van der Waals surface area contributed by atoms with Crippen molar-refractivity contribution in [2.45, 2.75) is 57.5 Å². The van der Waals surface area contributed by atoms with E-state index in [-0.39, 0.29) is 11.8 Å². The maximum absolute atomic E-state index is 11.6. The van der Waals surface area contributed by atoms with Gasteiger partial charge in [-0.25, -0.2) is 0 Å². The molecule has 0 heterocycles. The van der Waals surface area contributed by atoms with Crippen LogP contribution in [0, 0.1) is 0 Å². The van der Waals surface area contributed by atoms with E-state index >= 15 is 0 Å². The predicted molar refractivity (Wildman–Crippen MR) is 66.3 cm³/mol. The molecule has 2 amide bonds. The molecule has 17 heavy (non-hydrogen) atoms. The quantitative estimate of drug-likeness (QED) is 0.560. The smallest absolute Gasteiger partial charge is 0.239 e. The number of nitrogens with two attached hydrogens (primary N) is 1. The number of nitrogens with one attached hydrogen (secondary N) is 2. The standard InChI is InChI=1S/C12H23N3O2/c1-3-12(2,13)11(17)14-8-4-5-10(16)15-9-6-7-9/h9H,3-8,13H2,1-2H3,(H,14,17)(H,15,16). The summed E-state index contributed by atoms with van der Waals surface area (Å²) in [7, 11) is 0. The Bertz CT molecular complexity index is 285. The Kier molecular flexibility index (Phi) is 4.93. The number of carbonyl (C=O) groups is 2. The predicted octanol–water partition coefficient (Wildman–Crippen LogP) is 0.289. The van der Waals surface area contributed by atoms with E-state index in [0.717, 1.165) is 12.8 Å². The molecule has 4 N–H and O–H groups in total. The molecule has 0 aromatic carbocycles. The van der Waals surface area contributed by atoms with E-state index in [1.54, 1.807) is 6.92 Å². The molecule has 1 fully saturated rings. The van der Waals surface area contributed by atoms with Crippen LogP contribution in [0.3, 0.4) is 0 Å². The highest BCUT2D eigenvalue weighted by molar-refractivity contribution is 5.85. The number of hydrogen-bond donors (Lipinski definition) is 3. The number of rotatable bonds is 7. The van der Waals surface area contributed by atoms with Gasteiger partial charge in [0.1, 0.15) is 0 Å². The average molecular weight is 241 g/mol. The summed E-state index contributed by atoms with van der Waals surface area (Å²) in [6.45, 7) is 4.09. The van der Waals surface area contributed by atoms with Crippen molar-refractivity contribution in [2.75, 3.05) is 6.54 Å². The van der Waals surface area contributed by atoms with E-state index in [4.69, 9.17) is 5.73 Å². The van der Waals surface area contributed by atoms with E-state index in [9.17, 15) is 9.59 Å². The Morgan fingerprint density at radius 1 is 1.41 bits per heavy atom.